The molecule has 0 spiro atoms. The first-order chi connectivity index (χ1) is 13.7. The molecule has 0 atom stereocenters. The van der Waals surface area contributed by atoms with Crippen LogP contribution >= 0.6 is 15.9 Å². The molecule has 6 heteroatoms. The predicted molar refractivity (Wildman–Crippen MR) is 114 cm³/mol. The van der Waals surface area contributed by atoms with Crippen LogP contribution in [0, 0.1) is 0 Å². The van der Waals surface area contributed by atoms with Gasteiger partial charge in [0.15, 0.2) is 11.5 Å². The smallest absolute Gasteiger partial charge is 0.343 e. The Morgan fingerprint density at radius 3 is 2.39 bits per heavy atom. The number of hydrogen-bond acceptors (Lipinski definition) is 5. The Morgan fingerprint density at radius 1 is 1.04 bits per heavy atom. The Hall–Kier alpha value is -3.12. The molecular weight excluding hydrogens is 420 g/mol. The van der Waals surface area contributed by atoms with Crippen LogP contribution in [0.15, 0.2) is 82.4 Å². The molecule has 0 unspecified atom stereocenters. The van der Waals surface area contributed by atoms with E-state index in [1.807, 2.05) is 43.3 Å². The summed E-state index contributed by atoms with van der Waals surface area (Å²) >= 11 is 3.50. The van der Waals surface area contributed by atoms with Gasteiger partial charge in [0.05, 0.1) is 24.1 Å². The van der Waals surface area contributed by atoms with E-state index in [0.717, 1.165) is 15.7 Å². The van der Waals surface area contributed by atoms with Gasteiger partial charge in [0.25, 0.3) is 0 Å². The number of para-hydroxylation sites is 1. The molecule has 28 heavy (non-hydrogen) atoms. The molecule has 3 aromatic rings. The summed E-state index contributed by atoms with van der Waals surface area (Å²) in [5.74, 6) is 0.368. The number of ether oxygens (including phenoxy) is 2. The zero-order valence-corrected chi connectivity index (χ0v) is 16.8. The molecule has 142 valence electrons. The second-order valence-corrected chi connectivity index (χ2v) is 6.60. The highest BCUT2D eigenvalue weighted by Gasteiger charge is 2.15. The number of hydrazone groups is 1. The molecule has 3 aromatic carbocycles. The van der Waals surface area contributed by atoms with Crippen LogP contribution in [0.5, 0.6) is 11.5 Å². The molecule has 5 nitrogen and oxygen atoms in total. The van der Waals surface area contributed by atoms with Crippen molar-refractivity contribution < 1.29 is 14.3 Å². The Kier molecular flexibility index (Phi) is 6.81. The zero-order chi connectivity index (χ0) is 19.8. The van der Waals surface area contributed by atoms with Crippen molar-refractivity contribution >= 4 is 33.8 Å². The molecule has 0 heterocycles. The maximum atomic E-state index is 12.4. The van der Waals surface area contributed by atoms with E-state index in [-0.39, 0.29) is 0 Å². The number of halogens is 1. The van der Waals surface area contributed by atoms with E-state index in [2.05, 4.69) is 26.5 Å². The summed E-state index contributed by atoms with van der Waals surface area (Å²) in [6.45, 7) is 2.31. The van der Waals surface area contributed by atoms with Gasteiger partial charge >= 0.3 is 5.97 Å². The highest BCUT2D eigenvalue weighted by atomic mass is 79.9. The maximum absolute atomic E-state index is 12.4. The van der Waals surface area contributed by atoms with Crippen LogP contribution in [0.3, 0.4) is 0 Å². The number of esters is 1. The summed E-state index contributed by atoms with van der Waals surface area (Å²) in [5.41, 5.74) is 5.10. The SMILES string of the molecule is CCOc1cc(C=NNc2ccccc2)c(Br)cc1OC(=O)c1ccccc1. The van der Waals surface area contributed by atoms with Crippen LogP contribution < -0.4 is 14.9 Å². The van der Waals surface area contributed by atoms with Gasteiger partial charge in [-0.3, -0.25) is 5.43 Å². The number of carbonyl (C=O) groups is 1. The van der Waals surface area contributed by atoms with E-state index < -0.39 is 5.97 Å². The number of nitrogens with zero attached hydrogens (tertiary/aromatic N) is 1. The molecule has 3 rings (SSSR count). The van der Waals surface area contributed by atoms with Crippen LogP contribution in [-0.2, 0) is 0 Å². The van der Waals surface area contributed by atoms with Crippen molar-refractivity contribution in [2.75, 3.05) is 12.0 Å². The van der Waals surface area contributed by atoms with Crippen LogP contribution in [-0.4, -0.2) is 18.8 Å². The Bertz CT molecular complexity index is 960. The predicted octanol–water partition coefficient (Wildman–Crippen LogP) is 5.51. The minimum absolute atomic E-state index is 0.343. The summed E-state index contributed by atoms with van der Waals surface area (Å²) in [7, 11) is 0. The van der Waals surface area contributed by atoms with E-state index in [0.29, 0.717) is 23.7 Å². The minimum atomic E-state index is -0.444. The first-order valence-electron chi connectivity index (χ1n) is 8.75. The van der Waals surface area contributed by atoms with Crippen molar-refractivity contribution in [1.29, 1.82) is 0 Å². The summed E-state index contributed by atoms with van der Waals surface area (Å²) in [5, 5.41) is 4.24. The first kappa shape index (κ1) is 19.6. The van der Waals surface area contributed by atoms with E-state index in [4.69, 9.17) is 9.47 Å². The average molecular weight is 439 g/mol. The second kappa shape index (κ2) is 9.71. The van der Waals surface area contributed by atoms with Crippen molar-refractivity contribution in [3.8, 4) is 11.5 Å². The summed E-state index contributed by atoms with van der Waals surface area (Å²) in [4.78, 5) is 12.4. The lowest BCUT2D eigenvalue weighted by molar-refractivity contribution is 0.0728. The monoisotopic (exact) mass is 438 g/mol. The Morgan fingerprint density at radius 2 is 1.71 bits per heavy atom. The Labute approximate surface area is 172 Å². The molecule has 0 aliphatic heterocycles. The molecule has 0 aromatic heterocycles. The summed E-state index contributed by atoms with van der Waals surface area (Å²) in [6.07, 6.45) is 1.67. The van der Waals surface area contributed by atoms with E-state index >= 15 is 0 Å². The van der Waals surface area contributed by atoms with Crippen molar-refractivity contribution in [2.24, 2.45) is 5.10 Å². The van der Waals surface area contributed by atoms with E-state index in [9.17, 15) is 4.79 Å². The van der Waals surface area contributed by atoms with Gasteiger partial charge in [0, 0.05) is 10.0 Å². The normalized spacial score (nSPS) is 10.6. The fraction of sp³-hybridized carbons (Fsp3) is 0.0909. The van der Waals surface area contributed by atoms with Gasteiger partial charge in [-0.2, -0.15) is 5.10 Å². The minimum Gasteiger partial charge on any atom is -0.490 e. The maximum Gasteiger partial charge on any atom is 0.343 e. The molecule has 1 N–H and O–H groups in total. The first-order valence-corrected chi connectivity index (χ1v) is 9.54. The third-order valence-corrected chi connectivity index (χ3v) is 4.43. The van der Waals surface area contributed by atoms with Crippen molar-refractivity contribution in [3.05, 3.63) is 88.4 Å². The number of rotatable bonds is 7. The third kappa shape index (κ3) is 5.20. The summed E-state index contributed by atoms with van der Waals surface area (Å²) < 4.78 is 11.9. The van der Waals surface area contributed by atoms with Gasteiger partial charge in [-0.05, 0) is 59.3 Å². The molecule has 0 bridgehead atoms. The lowest BCUT2D eigenvalue weighted by atomic mass is 10.2. The van der Waals surface area contributed by atoms with Gasteiger partial charge in [-0.15, -0.1) is 0 Å². The number of nitrogens with one attached hydrogen (secondary N) is 1. The fourth-order valence-electron chi connectivity index (χ4n) is 2.42. The highest BCUT2D eigenvalue weighted by molar-refractivity contribution is 9.10. The van der Waals surface area contributed by atoms with Gasteiger partial charge in [0.1, 0.15) is 0 Å². The zero-order valence-electron chi connectivity index (χ0n) is 15.3. The quantitative estimate of drug-likeness (QED) is 0.228. The van der Waals surface area contributed by atoms with Gasteiger partial charge in [-0.1, -0.05) is 36.4 Å². The Balaban J connectivity index is 1.80. The molecule has 0 saturated carbocycles. The van der Waals surface area contributed by atoms with Gasteiger partial charge in [0.2, 0.25) is 0 Å². The van der Waals surface area contributed by atoms with Crippen molar-refractivity contribution in [3.63, 3.8) is 0 Å². The van der Waals surface area contributed by atoms with Crippen molar-refractivity contribution in [1.82, 2.24) is 0 Å². The molecule has 0 aliphatic rings. The van der Waals surface area contributed by atoms with Crippen LogP contribution in [0.1, 0.15) is 22.8 Å². The average Bonchev–Trinajstić information content (AvgIpc) is 2.72. The van der Waals surface area contributed by atoms with E-state index in [1.165, 1.54) is 0 Å². The number of carbonyl (C=O) groups excluding carboxylic acids is 1. The second-order valence-electron chi connectivity index (χ2n) is 5.75. The third-order valence-electron chi connectivity index (χ3n) is 3.75. The molecule has 0 fully saturated rings. The highest BCUT2D eigenvalue weighted by Crippen LogP contribution is 2.34. The largest absolute Gasteiger partial charge is 0.490 e. The van der Waals surface area contributed by atoms with Gasteiger partial charge in [-0.25, -0.2) is 4.79 Å². The number of anilines is 1. The molecule has 0 amide bonds. The van der Waals surface area contributed by atoms with E-state index in [1.54, 1.807) is 42.6 Å². The number of benzene rings is 3. The van der Waals surface area contributed by atoms with Gasteiger partial charge < -0.3 is 9.47 Å². The summed E-state index contributed by atoms with van der Waals surface area (Å²) in [6, 6.07) is 21.9. The van der Waals surface area contributed by atoms with Crippen LogP contribution in [0.25, 0.3) is 0 Å². The lowest BCUT2D eigenvalue weighted by Gasteiger charge is -2.13. The van der Waals surface area contributed by atoms with Crippen LogP contribution in [0.2, 0.25) is 0 Å². The van der Waals surface area contributed by atoms with Crippen molar-refractivity contribution in [2.45, 2.75) is 6.92 Å². The molecular formula is C22H19BrN2O3. The lowest BCUT2D eigenvalue weighted by Crippen LogP contribution is -2.10. The topological polar surface area (TPSA) is 59.9 Å². The molecule has 0 saturated heterocycles. The fourth-order valence-corrected chi connectivity index (χ4v) is 2.84. The van der Waals surface area contributed by atoms with Crippen LogP contribution in [0.4, 0.5) is 5.69 Å². The standard InChI is InChI=1S/C22H19BrN2O3/c1-2-27-20-13-17(15-24-25-18-11-7-4-8-12-18)19(23)14-21(20)28-22(26)16-9-5-3-6-10-16/h3-15,25H,2H2,1H3. The number of hydrogen-bond donors (Lipinski definition) is 1. The molecule has 0 radical (unpaired) electrons. The molecule has 0 aliphatic carbocycles.